The van der Waals surface area contributed by atoms with Gasteiger partial charge in [0.1, 0.15) is 0 Å². The summed E-state index contributed by atoms with van der Waals surface area (Å²) in [5.74, 6) is 0.266. The smallest absolute Gasteiger partial charge is 0.399 e. The van der Waals surface area contributed by atoms with E-state index < -0.39 is 18.3 Å². The molecule has 0 saturated carbocycles. The van der Waals surface area contributed by atoms with Crippen molar-refractivity contribution in [2.45, 2.75) is 59.2 Å². The van der Waals surface area contributed by atoms with Gasteiger partial charge in [-0.05, 0) is 51.8 Å². The van der Waals surface area contributed by atoms with Crippen LogP contribution in [0.15, 0.2) is 18.2 Å². The van der Waals surface area contributed by atoms with Crippen molar-refractivity contribution in [3.8, 4) is 0 Å². The summed E-state index contributed by atoms with van der Waals surface area (Å²) in [5.41, 5.74) is 0.532. The van der Waals surface area contributed by atoms with E-state index in [0.717, 1.165) is 5.46 Å². The van der Waals surface area contributed by atoms with Crippen molar-refractivity contribution in [1.29, 1.82) is 0 Å². The summed E-state index contributed by atoms with van der Waals surface area (Å²) in [6, 6.07) is 5.33. The van der Waals surface area contributed by atoms with Gasteiger partial charge in [-0.1, -0.05) is 25.4 Å². The Bertz CT molecular complexity index is 586. The van der Waals surface area contributed by atoms with Crippen molar-refractivity contribution in [3.63, 3.8) is 0 Å². The molecule has 2 rings (SSSR count). The van der Waals surface area contributed by atoms with Gasteiger partial charge < -0.3 is 14.6 Å². The Labute approximate surface area is 144 Å². The van der Waals surface area contributed by atoms with Crippen molar-refractivity contribution in [3.05, 3.63) is 23.2 Å². The van der Waals surface area contributed by atoms with Crippen LogP contribution in [0.3, 0.4) is 0 Å². The van der Waals surface area contributed by atoms with E-state index in [0.29, 0.717) is 23.0 Å². The SMILES string of the molecule is CC(C)CC(=O)Nc1ccc(Cl)cc1B1OC(C)(C)C(C)(C)O1. The molecule has 0 spiro atoms. The van der Waals surface area contributed by atoms with Crippen LogP contribution < -0.4 is 10.8 Å². The minimum absolute atomic E-state index is 0.0277. The molecule has 1 aliphatic heterocycles. The van der Waals surface area contributed by atoms with Crippen molar-refractivity contribution in [2.75, 3.05) is 5.32 Å². The first-order valence-electron chi connectivity index (χ1n) is 7.97. The maximum absolute atomic E-state index is 12.1. The zero-order valence-electron chi connectivity index (χ0n) is 14.7. The summed E-state index contributed by atoms with van der Waals surface area (Å²) in [5, 5.41) is 3.52. The molecule has 6 heteroatoms. The van der Waals surface area contributed by atoms with Crippen LogP contribution in [0, 0.1) is 5.92 Å². The Hall–Kier alpha value is -1.04. The van der Waals surface area contributed by atoms with E-state index in [-0.39, 0.29) is 5.91 Å². The number of nitrogens with one attached hydrogen (secondary N) is 1. The third kappa shape index (κ3) is 4.08. The monoisotopic (exact) mass is 337 g/mol. The number of benzene rings is 1. The molecule has 1 heterocycles. The van der Waals surface area contributed by atoms with Crippen LogP contribution in [0.25, 0.3) is 0 Å². The van der Waals surface area contributed by atoms with Crippen molar-refractivity contribution in [2.24, 2.45) is 5.92 Å². The largest absolute Gasteiger partial charge is 0.497 e. The van der Waals surface area contributed by atoms with Gasteiger partial charge in [0.25, 0.3) is 0 Å². The molecule has 0 aromatic heterocycles. The summed E-state index contributed by atoms with van der Waals surface area (Å²) < 4.78 is 12.2. The van der Waals surface area contributed by atoms with E-state index in [1.54, 1.807) is 18.2 Å². The molecule has 1 saturated heterocycles. The van der Waals surface area contributed by atoms with Gasteiger partial charge in [0.15, 0.2) is 0 Å². The van der Waals surface area contributed by atoms with Gasteiger partial charge in [-0.3, -0.25) is 4.79 Å². The lowest BCUT2D eigenvalue weighted by atomic mass is 9.77. The Morgan fingerprint density at radius 2 is 1.78 bits per heavy atom. The van der Waals surface area contributed by atoms with Crippen LogP contribution in [-0.4, -0.2) is 24.2 Å². The molecule has 126 valence electrons. The van der Waals surface area contributed by atoms with Crippen LogP contribution in [0.5, 0.6) is 0 Å². The molecule has 1 aliphatic rings. The molecule has 4 nitrogen and oxygen atoms in total. The van der Waals surface area contributed by atoms with Gasteiger partial charge in [-0.25, -0.2) is 0 Å². The maximum Gasteiger partial charge on any atom is 0.497 e. The number of hydrogen-bond donors (Lipinski definition) is 1. The Morgan fingerprint density at radius 3 is 2.30 bits per heavy atom. The standard InChI is InChI=1S/C17H25BClNO3/c1-11(2)9-15(21)20-14-8-7-12(19)10-13(14)18-22-16(3,4)17(5,6)23-18/h7-8,10-11H,9H2,1-6H3,(H,20,21). The highest BCUT2D eigenvalue weighted by Crippen LogP contribution is 2.37. The number of carbonyl (C=O) groups excluding carboxylic acids is 1. The molecule has 1 aromatic carbocycles. The lowest BCUT2D eigenvalue weighted by Crippen LogP contribution is -2.41. The van der Waals surface area contributed by atoms with Gasteiger partial charge in [-0.15, -0.1) is 0 Å². The van der Waals surface area contributed by atoms with E-state index in [4.69, 9.17) is 20.9 Å². The maximum atomic E-state index is 12.1. The number of halogens is 1. The fraction of sp³-hybridized carbons (Fsp3) is 0.588. The second-order valence-corrected chi connectivity index (χ2v) is 7.90. The molecule has 0 atom stereocenters. The van der Waals surface area contributed by atoms with E-state index in [9.17, 15) is 4.79 Å². The zero-order valence-corrected chi connectivity index (χ0v) is 15.5. The summed E-state index contributed by atoms with van der Waals surface area (Å²) in [4.78, 5) is 12.1. The molecule has 0 aliphatic carbocycles. The van der Waals surface area contributed by atoms with Crippen LogP contribution in [0.2, 0.25) is 5.02 Å². The minimum Gasteiger partial charge on any atom is -0.399 e. The first kappa shape index (κ1) is 18.3. The molecular formula is C17H25BClNO3. The van der Waals surface area contributed by atoms with Crippen LogP contribution in [0.4, 0.5) is 5.69 Å². The average Bonchev–Trinajstić information content (AvgIpc) is 2.59. The topological polar surface area (TPSA) is 47.6 Å². The van der Waals surface area contributed by atoms with Gasteiger partial charge >= 0.3 is 7.12 Å². The highest BCUT2D eigenvalue weighted by molar-refractivity contribution is 6.64. The lowest BCUT2D eigenvalue weighted by Gasteiger charge is -2.32. The normalized spacial score (nSPS) is 19.2. The lowest BCUT2D eigenvalue weighted by molar-refractivity contribution is -0.116. The first-order valence-corrected chi connectivity index (χ1v) is 8.34. The zero-order chi connectivity index (χ0) is 17.4. The van der Waals surface area contributed by atoms with Crippen LogP contribution in [0.1, 0.15) is 48.0 Å². The molecule has 1 amide bonds. The van der Waals surface area contributed by atoms with E-state index in [1.807, 2.05) is 41.5 Å². The number of hydrogen-bond acceptors (Lipinski definition) is 3. The molecular weight excluding hydrogens is 312 g/mol. The third-order valence-corrected chi connectivity index (χ3v) is 4.62. The molecule has 1 fully saturated rings. The number of anilines is 1. The third-order valence-electron chi connectivity index (χ3n) is 4.39. The Balaban J connectivity index is 2.28. The molecule has 0 radical (unpaired) electrons. The number of rotatable bonds is 4. The second kappa shape index (κ2) is 6.46. The van der Waals surface area contributed by atoms with E-state index >= 15 is 0 Å². The highest BCUT2D eigenvalue weighted by atomic mass is 35.5. The molecule has 1 aromatic rings. The second-order valence-electron chi connectivity index (χ2n) is 7.47. The van der Waals surface area contributed by atoms with Gasteiger partial charge in [0, 0.05) is 22.6 Å². The fourth-order valence-corrected chi connectivity index (χ4v) is 2.57. The predicted octanol–water partition coefficient (Wildman–Crippen LogP) is 3.62. The van der Waals surface area contributed by atoms with Crippen molar-refractivity contribution >= 4 is 35.8 Å². The molecule has 23 heavy (non-hydrogen) atoms. The number of carbonyl (C=O) groups is 1. The predicted molar refractivity (Wildman–Crippen MR) is 95.3 cm³/mol. The van der Waals surface area contributed by atoms with Gasteiger partial charge in [0.05, 0.1) is 11.2 Å². The van der Waals surface area contributed by atoms with Crippen LogP contribution in [-0.2, 0) is 14.1 Å². The van der Waals surface area contributed by atoms with Crippen molar-refractivity contribution in [1.82, 2.24) is 0 Å². The van der Waals surface area contributed by atoms with Gasteiger partial charge in [0.2, 0.25) is 5.91 Å². The average molecular weight is 338 g/mol. The highest BCUT2D eigenvalue weighted by Gasteiger charge is 2.52. The summed E-state index contributed by atoms with van der Waals surface area (Å²) in [6.45, 7) is 12.0. The molecule has 0 unspecified atom stereocenters. The molecule has 0 bridgehead atoms. The van der Waals surface area contributed by atoms with Gasteiger partial charge in [-0.2, -0.15) is 0 Å². The Kier molecular flexibility index (Phi) is 5.14. The fourth-order valence-electron chi connectivity index (χ4n) is 2.38. The number of amides is 1. The summed E-state index contributed by atoms with van der Waals surface area (Å²) >= 11 is 6.13. The first-order chi connectivity index (χ1) is 10.5. The minimum atomic E-state index is -0.562. The van der Waals surface area contributed by atoms with Crippen LogP contribution >= 0.6 is 11.6 Å². The summed E-state index contributed by atoms with van der Waals surface area (Å²) in [7, 11) is -0.562. The van der Waals surface area contributed by atoms with Crippen molar-refractivity contribution < 1.29 is 14.1 Å². The van der Waals surface area contributed by atoms with E-state index in [1.165, 1.54) is 0 Å². The van der Waals surface area contributed by atoms with E-state index in [2.05, 4.69) is 5.32 Å². The Morgan fingerprint density at radius 1 is 1.22 bits per heavy atom. The quantitative estimate of drug-likeness (QED) is 0.854. The summed E-state index contributed by atoms with van der Waals surface area (Å²) in [6.07, 6.45) is 0.464. The molecule has 1 N–H and O–H groups in total.